The van der Waals surface area contributed by atoms with Gasteiger partial charge in [-0.25, -0.2) is 12.7 Å². The van der Waals surface area contributed by atoms with Gasteiger partial charge in [0.15, 0.2) is 0 Å². The number of hydrogen-bond acceptors (Lipinski definition) is 3. The van der Waals surface area contributed by atoms with E-state index >= 15 is 0 Å². The van der Waals surface area contributed by atoms with Gasteiger partial charge in [0.2, 0.25) is 10.0 Å². The van der Waals surface area contributed by atoms with Gasteiger partial charge in [-0.2, -0.15) is 0 Å². The van der Waals surface area contributed by atoms with Crippen LogP contribution in [0, 0.1) is 5.92 Å². The Morgan fingerprint density at radius 2 is 2.10 bits per heavy atom. The summed E-state index contributed by atoms with van der Waals surface area (Å²) in [4.78, 5) is 0.406. The van der Waals surface area contributed by atoms with Crippen LogP contribution in [-0.4, -0.2) is 37.9 Å². The first-order valence-electron chi connectivity index (χ1n) is 7.68. The van der Waals surface area contributed by atoms with Crippen LogP contribution in [0.1, 0.15) is 44.8 Å². The van der Waals surface area contributed by atoms with Crippen LogP contribution in [0.15, 0.2) is 17.2 Å². The molecule has 21 heavy (non-hydrogen) atoms. The summed E-state index contributed by atoms with van der Waals surface area (Å²) in [7, 11) is 0.183. The van der Waals surface area contributed by atoms with E-state index in [1.165, 1.54) is 10.7 Å². The van der Waals surface area contributed by atoms with E-state index in [0.717, 1.165) is 18.5 Å². The van der Waals surface area contributed by atoms with Gasteiger partial charge in [0.25, 0.3) is 0 Å². The maximum absolute atomic E-state index is 12.7. The fourth-order valence-corrected chi connectivity index (χ4v) is 4.06. The van der Waals surface area contributed by atoms with Gasteiger partial charge >= 0.3 is 0 Å². The van der Waals surface area contributed by atoms with Crippen LogP contribution in [0.3, 0.4) is 0 Å². The van der Waals surface area contributed by atoms with Crippen molar-refractivity contribution in [3.8, 4) is 0 Å². The smallest absolute Gasteiger partial charge is 0.244 e. The standard InChI is InChI=1S/C15H27N3O2S/c1-12(2)18-11-15(8-14(18)9-16-3)21(19,20)17(4)10-13-6-5-7-13/h8,11-13,16H,5-7,9-10H2,1-4H3. The Hall–Kier alpha value is -0.850. The van der Waals surface area contributed by atoms with E-state index in [9.17, 15) is 8.42 Å². The molecular weight excluding hydrogens is 286 g/mol. The van der Waals surface area contributed by atoms with Gasteiger partial charge in [-0.15, -0.1) is 0 Å². The monoisotopic (exact) mass is 313 g/mol. The molecule has 1 aliphatic carbocycles. The molecule has 1 aromatic rings. The number of aromatic nitrogens is 1. The van der Waals surface area contributed by atoms with Gasteiger partial charge < -0.3 is 9.88 Å². The molecule has 0 saturated heterocycles. The summed E-state index contributed by atoms with van der Waals surface area (Å²) in [6, 6.07) is 2.04. The largest absolute Gasteiger partial charge is 0.346 e. The normalized spacial score (nSPS) is 16.7. The van der Waals surface area contributed by atoms with E-state index < -0.39 is 10.0 Å². The molecule has 1 aromatic heterocycles. The second-order valence-electron chi connectivity index (χ2n) is 6.28. The van der Waals surface area contributed by atoms with Crippen LogP contribution < -0.4 is 5.32 Å². The molecule has 0 aliphatic heterocycles. The van der Waals surface area contributed by atoms with Crippen LogP contribution in [0.4, 0.5) is 0 Å². The molecule has 1 fully saturated rings. The third kappa shape index (κ3) is 3.49. The minimum absolute atomic E-state index is 0.245. The molecule has 0 amide bonds. The molecule has 1 N–H and O–H groups in total. The van der Waals surface area contributed by atoms with Crippen LogP contribution in [-0.2, 0) is 16.6 Å². The van der Waals surface area contributed by atoms with Crippen molar-refractivity contribution in [3.63, 3.8) is 0 Å². The average molecular weight is 313 g/mol. The molecule has 1 saturated carbocycles. The zero-order chi connectivity index (χ0) is 15.6. The first-order valence-corrected chi connectivity index (χ1v) is 9.12. The molecular formula is C15H27N3O2S. The molecule has 0 spiro atoms. The summed E-state index contributed by atoms with van der Waals surface area (Å²) in [5.74, 6) is 0.536. The number of nitrogens with one attached hydrogen (secondary N) is 1. The lowest BCUT2D eigenvalue weighted by Gasteiger charge is -2.29. The second kappa shape index (κ2) is 6.50. The number of sulfonamides is 1. The Kier molecular flexibility index (Phi) is 5.11. The van der Waals surface area contributed by atoms with Crippen molar-refractivity contribution >= 4 is 10.0 Å². The lowest BCUT2D eigenvalue weighted by atomic mass is 9.86. The average Bonchev–Trinajstić information content (AvgIpc) is 2.78. The van der Waals surface area contributed by atoms with Crippen LogP contribution in [0.5, 0.6) is 0 Å². The quantitative estimate of drug-likeness (QED) is 0.839. The third-order valence-electron chi connectivity index (χ3n) is 4.27. The molecule has 5 nitrogen and oxygen atoms in total. The zero-order valence-electron chi connectivity index (χ0n) is 13.5. The predicted molar refractivity (Wildman–Crippen MR) is 84.7 cm³/mol. The molecule has 6 heteroatoms. The predicted octanol–water partition coefficient (Wildman–Crippen LogP) is 2.21. The van der Waals surface area contributed by atoms with Gasteiger partial charge in [-0.1, -0.05) is 6.42 Å². The Bertz CT molecular complexity index is 574. The fraction of sp³-hybridized carbons (Fsp3) is 0.733. The van der Waals surface area contributed by atoms with Gasteiger partial charge in [-0.3, -0.25) is 0 Å². The molecule has 0 bridgehead atoms. The molecule has 0 unspecified atom stereocenters. The molecule has 0 radical (unpaired) electrons. The van der Waals surface area contributed by atoms with Crippen molar-refractivity contribution in [2.24, 2.45) is 5.92 Å². The highest BCUT2D eigenvalue weighted by atomic mass is 32.2. The summed E-state index contributed by atoms with van der Waals surface area (Å²) < 4.78 is 28.9. The first-order chi connectivity index (χ1) is 9.86. The Morgan fingerprint density at radius 3 is 2.57 bits per heavy atom. The van der Waals surface area contributed by atoms with E-state index in [-0.39, 0.29) is 6.04 Å². The summed E-state index contributed by atoms with van der Waals surface area (Å²) in [6.45, 7) is 5.43. The maximum atomic E-state index is 12.7. The van der Waals surface area contributed by atoms with E-state index in [1.54, 1.807) is 19.3 Å². The minimum atomic E-state index is -3.38. The van der Waals surface area contributed by atoms with Crippen molar-refractivity contribution in [1.29, 1.82) is 0 Å². The summed E-state index contributed by atoms with van der Waals surface area (Å²) in [6.07, 6.45) is 5.30. The van der Waals surface area contributed by atoms with Gasteiger partial charge in [0.1, 0.15) is 4.90 Å². The molecule has 120 valence electrons. The highest BCUT2D eigenvalue weighted by Crippen LogP contribution is 2.29. The number of nitrogens with zero attached hydrogens (tertiary/aromatic N) is 2. The van der Waals surface area contributed by atoms with Gasteiger partial charge in [0, 0.05) is 38.1 Å². The van der Waals surface area contributed by atoms with Crippen molar-refractivity contribution in [3.05, 3.63) is 18.0 Å². The van der Waals surface area contributed by atoms with Crippen LogP contribution >= 0.6 is 0 Å². The van der Waals surface area contributed by atoms with Crippen molar-refractivity contribution < 1.29 is 8.42 Å². The summed E-state index contributed by atoms with van der Waals surface area (Å²) in [5, 5.41) is 3.09. The van der Waals surface area contributed by atoms with Crippen molar-refractivity contribution in [2.45, 2.75) is 50.6 Å². The Labute approximate surface area is 128 Å². The van der Waals surface area contributed by atoms with Crippen molar-refractivity contribution in [2.75, 3.05) is 20.6 Å². The summed E-state index contributed by atoms with van der Waals surface area (Å²) in [5.41, 5.74) is 1.00. The molecule has 1 heterocycles. The van der Waals surface area contributed by atoms with Crippen LogP contribution in [0.2, 0.25) is 0 Å². The minimum Gasteiger partial charge on any atom is -0.346 e. The highest BCUT2D eigenvalue weighted by molar-refractivity contribution is 7.89. The second-order valence-corrected chi connectivity index (χ2v) is 8.33. The summed E-state index contributed by atoms with van der Waals surface area (Å²) >= 11 is 0. The lowest BCUT2D eigenvalue weighted by molar-refractivity contribution is 0.263. The van der Waals surface area contributed by atoms with E-state index in [2.05, 4.69) is 19.2 Å². The van der Waals surface area contributed by atoms with E-state index in [4.69, 9.17) is 0 Å². The first kappa shape index (κ1) is 16.5. The van der Waals surface area contributed by atoms with E-state index in [1.807, 2.05) is 11.6 Å². The van der Waals surface area contributed by atoms with Crippen LogP contribution in [0.25, 0.3) is 0 Å². The molecule has 0 atom stereocenters. The third-order valence-corrected chi connectivity index (χ3v) is 6.06. The zero-order valence-corrected chi connectivity index (χ0v) is 14.3. The SMILES string of the molecule is CNCc1cc(S(=O)(=O)N(C)CC2CCC2)cn1C(C)C. The fourth-order valence-electron chi connectivity index (χ4n) is 2.76. The van der Waals surface area contributed by atoms with Crippen molar-refractivity contribution in [1.82, 2.24) is 14.2 Å². The van der Waals surface area contributed by atoms with Gasteiger partial charge in [0.05, 0.1) is 0 Å². The molecule has 2 rings (SSSR count). The topological polar surface area (TPSA) is 54.3 Å². The number of rotatable bonds is 7. The maximum Gasteiger partial charge on any atom is 0.244 e. The van der Waals surface area contributed by atoms with E-state index in [0.29, 0.717) is 23.9 Å². The number of hydrogen-bond donors (Lipinski definition) is 1. The lowest BCUT2D eigenvalue weighted by Crippen LogP contribution is -2.34. The Balaban J connectivity index is 2.24. The highest BCUT2D eigenvalue weighted by Gasteiger charge is 2.28. The van der Waals surface area contributed by atoms with Gasteiger partial charge in [-0.05, 0) is 45.7 Å². The molecule has 1 aliphatic rings. The Morgan fingerprint density at radius 1 is 1.43 bits per heavy atom. The molecule has 0 aromatic carbocycles.